The van der Waals surface area contributed by atoms with E-state index in [9.17, 15) is 13.6 Å². The number of amides is 1. The van der Waals surface area contributed by atoms with Crippen LogP contribution in [0, 0.1) is 11.6 Å². The smallest absolute Gasteiger partial charge is 0.336 e. The molecule has 0 unspecified atom stereocenters. The zero-order chi connectivity index (χ0) is 23.2. The summed E-state index contributed by atoms with van der Waals surface area (Å²) in [4.78, 5) is 16.7. The van der Waals surface area contributed by atoms with Gasteiger partial charge in [-0.05, 0) is 54.6 Å². The van der Waals surface area contributed by atoms with Gasteiger partial charge in [-0.2, -0.15) is 4.98 Å². The fourth-order valence-corrected chi connectivity index (χ4v) is 3.09. The highest BCUT2D eigenvalue weighted by atomic mass is 19.1. The first-order chi connectivity index (χ1) is 16.0. The maximum Gasteiger partial charge on any atom is 0.336 e. The summed E-state index contributed by atoms with van der Waals surface area (Å²) in [6, 6.07) is 18.4. The van der Waals surface area contributed by atoms with E-state index >= 15 is 0 Å². The lowest BCUT2D eigenvalue weighted by Gasteiger charge is -2.09. The highest BCUT2D eigenvalue weighted by Gasteiger charge is 2.18. The van der Waals surface area contributed by atoms with Crippen LogP contribution >= 0.6 is 0 Å². The topological polar surface area (TPSA) is 78.3 Å². The Labute approximate surface area is 188 Å². The summed E-state index contributed by atoms with van der Waals surface area (Å²) in [5.74, 6) is -1.12. The lowest BCUT2D eigenvalue weighted by Crippen LogP contribution is -2.12. The Morgan fingerprint density at radius 3 is 2.52 bits per heavy atom. The minimum atomic E-state index is -0.492. The second kappa shape index (κ2) is 10.0. The van der Waals surface area contributed by atoms with Gasteiger partial charge in [0.05, 0.1) is 17.9 Å². The number of carbonyl (C=O) groups is 1. The lowest BCUT2D eigenvalue weighted by atomic mass is 10.2. The van der Waals surface area contributed by atoms with Crippen molar-refractivity contribution >= 4 is 11.6 Å². The first-order valence-electron chi connectivity index (χ1n) is 10.1. The third-order valence-corrected chi connectivity index (χ3v) is 4.68. The van der Waals surface area contributed by atoms with Crippen LogP contribution in [0.4, 0.5) is 14.5 Å². The number of benzene rings is 3. The first kappa shape index (κ1) is 22.1. The number of carbonyl (C=O) groups excluding carboxylic acids is 1. The predicted octanol–water partition coefficient (Wildman–Crippen LogP) is 4.49. The molecule has 0 aliphatic carbocycles. The molecule has 0 saturated heterocycles. The molecule has 0 bridgehead atoms. The summed E-state index contributed by atoms with van der Waals surface area (Å²) in [6.45, 7) is 0.589. The number of aromatic nitrogens is 3. The van der Waals surface area contributed by atoms with Crippen molar-refractivity contribution in [3.05, 3.63) is 90.0 Å². The molecule has 4 rings (SSSR count). The monoisotopic (exact) mass is 450 g/mol. The Kier molecular flexibility index (Phi) is 6.70. The SMILES string of the molecule is COCCOc1nc(-c2ccccc2F)n(-c2ccc(NC(=O)c3cccc(F)c3)cc2)n1. The normalized spacial score (nSPS) is 10.8. The molecule has 33 heavy (non-hydrogen) atoms. The van der Waals surface area contributed by atoms with Gasteiger partial charge in [0.25, 0.3) is 5.91 Å². The fraction of sp³-hybridized carbons (Fsp3) is 0.125. The van der Waals surface area contributed by atoms with Gasteiger partial charge < -0.3 is 14.8 Å². The number of nitrogens with zero attached hydrogens (tertiary/aromatic N) is 3. The van der Waals surface area contributed by atoms with Gasteiger partial charge >= 0.3 is 6.01 Å². The summed E-state index contributed by atoms with van der Waals surface area (Å²) in [5, 5.41) is 7.06. The van der Waals surface area contributed by atoms with Crippen LogP contribution in [0.5, 0.6) is 6.01 Å². The second-order valence-electron chi connectivity index (χ2n) is 6.96. The number of halogens is 2. The van der Waals surface area contributed by atoms with Gasteiger partial charge in [-0.25, -0.2) is 13.5 Å². The maximum atomic E-state index is 14.5. The third-order valence-electron chi connectivity index (χ3n) is 4.68. The molecule has 0 radical (unpaired) electrons. The van der Waals surface area contributed by atoms with Crippen molar-refractivity contribution in [2.45, 2.75) is 0 Å². The van der Waals surface area contributed by atoms with Crippen molar-refractivity contribution in [3.63, 3.8) is 0 Å². The molecule has 0 saturated carbocycles. The number of hydrogen-bond acceptors (Lipinski definition) is 5. The summed E-state index contributed by atoms with van der Waals surface area (Å²) in [5.41, 5.74) is 1.54. The van der Waals surface area contributed by atoms with E-state index < -0.39 is 17.5 Å². The molecule has 1 N–H and O–H groups in total. The number of nitrogens with one attached hydrogen (secondary N) is 1. The van der Waals surface area contributed by atoms with Crippen LogP contribution in [-0.4, -0.2) is 41.0 Å². The fourth-order valence-electron chi connectivity index (χ4n) is 3.09. The van der Waals surface area contributed by atoms with Crippen molar-refractivity contribution < 1.29 is 23.0 Å². The average molecular weight is 450 g/mol. The number of ether oxygens (including phenoxy) is 2. The van der Waals surface area contributed by atoms with E-state index in [1.54, 1.807) is 49.6 Å². The third kappa shape index (κ3) is 5.21. The maximum absolute atomic E-state index is 14.5. The number of methoxy groups -OCH3 is 1. The average Bonchev–Trinajstić information content (AvgIpc) is 3.24. The van der Waals surface area contributed by atoms with E-state index in [2.05, 4.69) is 15.4 Å². The molecule has 1 heterocycles. The Hall–Kier alpha value is -4.11. The number of hydrogen-bond donors (Lipinski definition) is 1. The molecule has 0 spiro atoms. The van der Waals surface area contributed by atoms with Crippen molar-refractivity contribution in [1.29, 1.82) is 0 Å². The van der Waals surface area contributed by atoms with Gasteiger partial charge in [-0.15, -0.1) is 5.10 Å². The van der Waals surface area contributed by atoms with E-state index in [1.165, 1.54) is 28.9 Å². The molecule has 7 nitrogen and oxygen atoms in total. The number of anilines is 1. The summed E-state index contributed by atoms with van der Waals surface area (Å²) < 4.78 is 39.8. The van der Waals surface area contributed by atoms with Crippen LogP contribution in [0.15, 0.2) is 72.8 Å². The Morgan fingerprint density at radius 2 is 1.79 bits per heavy atom. The highest BCUT2D eigenvalue weighted by Crippen LogP contribution is 2.26. The van der Waals surface area contributed by atoms with Gasteiger partial charge in [-0.1, -0.05) is 18.2 Å². The standard InChI is InChI=1S/C24H20F2N4O3/c1-32-13-14-33-24-28-22(20-7-2-3-8-21(20)26)30(29-24)19-11-9-18(10-12-19)27-23(31)16-5-4-6-17(25)15-16/h2-12,15H,13-14H2,1H3,(H,27,31). The largest absolute Gasteiger partial charge is 0.460 e. The molecule has 9 heteroatoms. The minimum Gasteiger partial charge on any atom is -0.460 e. The van der Waals surface area contributed by atoms with E-state index in [-0.39, 0.29) is 29.6 Å². The summed E-state index contributed by atoms with van der Waals surface area (Å²) >= 11 is 0. The molecule has 1 amide bonds. The molecule has 0 aliphatic rings. The van der Waals surface area contributed by atoms with Gasteiger partial charge in [-0.3, -0.25) is 4.79 Å². The first-order valence-corrected chi connectivity index (χ1v) is 10.1. The molecule has 0 atom stereocenters. The van der Waals surface area contributed by atoms with Gasteiger partial charge in [0.2, 0.25) is 0 Å². The van der Waals surface area contributed by atoms with Crippen LogP contribution in [0.1, 0.15) is 10.4 Å². The van der Waals surface area contributed by atoms with Crippen molar-refractivity contribution in [2.24, 2.45) is 0 Å². The van der Waals surface area contributed by atoms with Crippen molar-refractivity contribution in [1.82, 2.24) is 14.8 Å². The molecule has 4 aromatic rings. The van der Waals surface area contributed by atoms with E-state index in [0.29, 0.717) is 18.0 Å². The zero-order valence-corrected chi connectivity index (χ0v) is 17.7. The Bertz CT molecular complexity index is 1260. The van der Waals surface area contributed by atoms with Gasteiger partial charge in [0, 0.05) is 18.4 Å². The number of rotatable bonds is 8. The van der Waals surface area contributed by atoms with Crippen molar-refractivity contribution in [3.8, 4) is 23.1 Å². The summed E-state index contributed by atoms with van der Waals surface area (Å²) in [6.07, 6.45) is 0. The molecule has 3 aromatic carbocycles. The van der Waals surface area contributed by atoms with Crippen LogP contribution in [-0.2, 0) is 4.74 Å². The lowest BCUT2D eigenvalue weighted by molar-refractivity contribution is 0.102. The molecular formula is C24H20F2N4O3. The highest BCUT2D eigenvalue weighted by molar-refractivity contribution is 6.04. The van der Waals surface area contributed by atoms with Crippen molar-refractivity contribution in [2.75, 3.05) is 25.6 Å². The molecule has 168 valence electrons. The second-order valence-corrected chi connectivity index (χ2v) is 6.96. The molecule has 1 aromatic heterocycles. The van der Waals surface area contributed by atoms with Gasteiger partial charge in [0.15, 0.2) is 5.82 Å². The quantitative estimate of drug-likeness (QED) is 0.400. The van der Waals surface area contributed by atoms with E-state index in [0.717, 1.165) is 6.07 Å². The zero-order valence-electron chi connectivity index (χ0n) is 17.7. The minimum absolute atomic E-state index is 0.0776. The molecular weight excluding hydrogens is 430 g/mol. The van der Waals surface area contributed by atoms with Gasteiger partial charge in [0.1, 0.15) is 18.2 Å². The van der Waals surface area contributed by atoms with E-state index in [1.807, 2.05) is 0 Å². The van der Waals surface area contributed by atoms with Crippen LogP contribution in [0.3, 0.4) is 0 Å². The predicted molar refractivity (Wildman–Crippen MR) is 118 cm³/mol. The van der Waals surface area contributed by atoms with Crippen LogP contribution in [0.2, 0.25) is 0 Å². The molecule has 0 fully saturated rings. The summed E-state index contributed by atoms with van der Waals surface area (Å²) in [7, 11) is 1.55. The molecule has 0 aliphatic heterocycles. The Balaban J connectivity index is 1.61. The Morgan fingerprint density at radius 1 is 1.00 bits per heavy atom. The van der Waals surface area contributed by atoms with Crippen LogP contribution in [0.25, 0.3) is 17.1 Å². The van der Waals surface area contributed by atoms with E-state index in [4.69, 9.17) is 9.47 Å². The van der Waals surface area contributed by atoms with Crippen LogP contribution < -0.4 is 10.1 Å².